The number of carbonyl (C=O) groups is 3. The van der Waals surface area contributed by atoms with E-state index in [1.807, 2.05) is 0 Å². The molecule has 0 aliphatic heterocycles. The van der Waals surface area contributed by atoms with Gasteiger partial charge in [-0.15, -0.1) is 0 Å². The number of hydrogen-bond donors (Lipinski definition) is 1. The summed E-state index contributed by atoms with van der Waals surface area (Å²) in [6.45, 7) is 0. The van der Waals surface area contributed by atoms with Gasteiger partial charge in [0.05, 0.1) is 17.3 Å². The lowest BCUT2D eigenvalue weighted by Gasteiger charge is -2.11. The van der Waals surface area contributed by atoms with E-state index in [0.717, 1.165) is 0 Å². The lowest BCUT2D eigenvalue weighted by Crippen LogP contribution is -2.17. The van der Waals surface area contributed by atoms with Crippen molar-refractivity contribution in [3.05, 3.63) is 128 Å². The fourth-order valence-corrected chi connectivity index (χ4v) is 3.47. The molecule has 0 fully saturated rings. The molecule has 0 saturated heterocycles. The van der Waals surface area contributed by atoms with Crippen LogP contribution in [0.5, 0.6) is 11.5 Å². The van der Waals surface area contributed by atoms with E-state index in [4.69, 9.17) is 44.3 Å². The number of rotatable bonds is 7. The number of carbonyl (C=O) groups excluding carboxylic acids is 3. The third kappa shape index (κ3) is 7.20. The molecule has 4 aromatic rings. The van der Waals surface area contributed by atoms with Crippen LogP contribution in [0.3, 0.4) is 0 Å². The first-order valence-corrected chi connectivity index (χ1v) is 12.1. The van der Waals surface area contributed by atoms with Crippen molar-refractivity contribution in [1.82, 2.24) is 5.43 Å². The quantitative estimate of drug-likeness (QED) is 0.114. The third-order valence-electron chi connectivity index (χ3n) is 5.03. The summed E-state index contributed by atoms with van der Waals surface area (Å²) in [6, 6.07) is 23.0. The van der Waals surface area contributed by atoms with Crippen LogP contribution in [-0.4, -0.2) is 24.1 Å². The number of hydrogen-bond acceptors (Lipinski definition) is 6. The van der Waals surface area contributed by atoms with Crippen molar-refractivity contribution < 1.29 is 23.9 Å². The Bertz CT molecular complexity index is 1500. The molecule has 0 aliphatic carbocycles. The van der Waals surface area contributed by atoms with Crippen molar-refractivity contribution in [2.75, 3.05) is 0 Å². The molecule has 0 radical (unpaired) electrons. The van der Waals surface area contributed by atoms with Gasteiger partial charge in [0.1, 0.15) is 11.5 Å². The number of ether oxygens (including phenoxy) is 2. The first-order valence-electron chi connectivity index (χ1n) is 11.0. The number of hydrazone groups is 1. The van der Waals surface area contributed by atoms with E-state index in [1.54, 1.807) is 48.5 Å². The van der Waals surface area contributed by atoms with Gasteiger partial charge in [-0.3, -0.25) is 4.79 Å². The number of halogens is 3. The summed E-state index contributed by atoms with van der Waals surface area (Å²) in [5.41, 5.74) is 3.60. The Labute approximate surface area is 232 Å². The second-order valence-electron chi connectivity index (χ2n) is 7.70. The number of nitrogens with zero attached hydrogens (tertiary/aromatic N) is 1. The summed E-state index contributed by atoms with van der Waals surface area (Å²) in [4.78, 5) is 37.6. The molecule has 0 atom stereocenters. The van der Waals surface area contributed by atoms with Crippen molar-refractivity contribution >= 4 is 58.9 Å². The smallest absolute Gasteiger partial charge is 0.343 e. The van der Waals surface area contributed by atoms with Gasteiger partial charge < -0.3 is 9.47 Å². The Morgan fingerprint density at radius 2 is 1.11 bits per heavy atom. The summed E-state index contributed by atoms with van der Waals surface area (Å²) in [6.07, 6.45) is 1.29. The van der Waals surface area contributed by atoms with E-state index in [1.165, 1.54) is 48.7 Å². The molecule has 0 bridgehead atoms. The van der Waals surface area contributed by atoms with Crippen LogP contribution in [0.2, 0.25) is 15.1 Å². The Morgan fingerprint density at radius 1 is 0.632 bits per heavy atom. The van der Waals surface area contributed by atoms with Gasteiger partial charge in [-0.25, -0.2) is 15.0 Å². The standard InChI is InChI=1S/C28H17Cl3N2O5/c29-21-8-1-17(2-9-21)26(34)33-32-16-20-7-14-24(37-27(35)18-3-10-22(30)11-4-18)15-25(20)38-28(36)19-5-12-23(31)13-6-19/h1-16H,(H,33,34)/b32-16+. The van der Waals surface area contributed by atoms with Gasteiger partial charge in [0.25, 0.3) is 5.91 Å². The first-order chi connectivity index (χ1) is 18.3. The van der Waals surface area contributed by atoms with Crippen LogP contribution < -0.4 is 14.9 Å². The number of nitrogens with one attached hydrogen (secondary N) is 1. The minimum Gasteiger partial charge on any atom is -0.423 e. The number of amides is 1. The summed E-state index contributed by atoms with van der Waals surface area (Å²) in [5.74, 6) is -1.62. The maximum absolute atomic E-state index is 12.7. The van der Waals surface area contributed by atoms with E-state index < -0.39 is 17.8 Å². The second kappa shape index (κ2) is 12.4. The average molecular weight is 568 g/mol. The van der Waals surface area contributed by atoms with Crippen LogP contribution in [0.25, 0.3) is 0 Å². The van der Waals surface area contributed by atoms with E-state index in [2.05, 4.69) is 10.5 Å². The third-order valence-corrected chi connectivity index (χ3v) is 5.79. The van der Waals surface area contributed by atoms with Crippen LogP contribution in [-0.2, 0) is 0 Å². The molecule has 0 saturated carbocycles. The van der Waals surface area contributed by atoms with E-state index in [0.29, 0.717) is 26.2 Å². The van der Waals surface area contributed by atoms with Crippen molar-refractivity contribution in [2.24, 2.45) is 5.10 Å². The van der Waals surface area contributed by atoms with Gasteiger partial charge in [-0.2, -0.15) is 5.10 Å². The molecule has 190 valence electrons. The molecule has 4 rings (SSSR count). The molecule has 0 unspecified atom stereocenters. The molecule has 4 aromatic carbocycles. The average Bonchev–Trinajstić information content (AvgIpc) is 2.91. The molecule has 0 aliphatic rings. The van der Waals surface area contributed by atoms with Gasteiger partial charge >= 0.3 is 11.9 Å². The van der Waals surface area contributed by atoms with Crippen LogP contribution >= 0.6 is 34.8 Å². The molecule has 38 heavy (non-hydrogen) atoms. The van der Waals surface area contributed by atoms with Crippen LogP contribution in [0.4, 0.5) is 0 Å². The zero-order valence-electron chi connectivity index (χ0n) is 19.4. The van der Waals surface area contributed by atoms with Gasteiger partial charge in [0.2, 0.25) is 0 Å². The fraction of sp³-hybridized carbons (Fsp3) is 0. The van der Waals surface area contributed by atoms with E-state index in [9.17, 15) is 14.4 Å². The highest BCUT2D eigenvalue weighted by Crippen LogP contribution is 2.26. The maximum Gasteiger partial charge on any atom is 0.343 e. The van der Waals surface area contributed by atoms with E-state index >= 15 is 0 Å². The van der Waals surface area contributed by atoms with Crippen LogP contribution in [0.1, 0.15) is 36.6 Å². The SMILES string of the molecule is O=C(N/N=C/c1ccc(OC(=O)c2ccc(Cl)cc2)cc1OC(=O)c1ccc(Cl)cc1)c1ccc(Cl)cc1. The Balaban J connectivity index is 1.56. The summed E-state index contributed by atoms with van der Waals surface area (Å²) < 4.78 is 11.0. The molecule has 1 amide bonds. The van der Waals surface area contributed by atoms with Crippen LogP contribution in [0.15, 0.2) is 96.1 Å². The monoisotopic (exact) mass is 566 g/mol. The Morgan fingerprint density at radius 3 is 1.63 bits per heavy atom. The highest BCUT2D eigenvalue weighted by Gasteiger charge is 2.15. The van der Waals surface area contributed by atoms with Crippen molar-refractivity contribution in [2.45, 2.75) is 0 Å². The number of benzene rings is 4. The van der Waals surface area contributed by atoms with Gasteiger partial charge in [0.15, 0.2) is 0 Å². The molecule has 0 spiro atoms. The second-order valence-corrected chi connectivity index (χ2v) is 9.01. The Kier molecular flexibility index (Phi) is 8.76. The van der Waals surface area contributed by atoms with Crippen molar-refractivity contribution in [1.29, 1.82) is 0 Å². The topological polar surface area (TPSA) is 94.1 Å². The molecule has 1 N–H and O–H groups in total. The maximum atomic E-state index is 12.7. The zero-order chi connectivity index (χ0) is 27.1. The number of esters is 2. The summed E-state index contributed by atoms with van der Waals surface area (Å²) in [7, 11) is 0. The molecular formula is C28H17Cl3N2O5. The summed E-state index contributed by atoms with van der Waals surface area (Å²) in [5, 5.41) is 5.38. The lowest BCUT2D eigenvalue weighted by molar-refractivity contribution is 0.0732. The fourth-order valence-electron chi connectivity index (χ4n) is 3.10. The highest BCUT2D eigenvalue weighted by atomic mass is 35.5. The lowest BCUT2D eigenvalue weighted by atomic mass is 10.2. The highest BCUT2D eigenvalue weighted by molar-refractivity contribution is 6.31. The van der Waals surface area contributed by atoms with Crippen molar-refractivity contribution in [3.8, 4) is 11.5 Å². The van der Waals surface area contributed by atoms with Gasteiger partial charge in [0, 0.05) is 32.3 Å². The molecule has 7 nitrogen and oxygen atoms in total. The minimum absolute atomic E-state index is 0.0378. The molecule has 10 heteroatoms. The predicted molar refractivity (Wildman–Crippen MR) is 146 cm³/mol. The predicted octanol–water partition coefficient (Wildman–Crippen LogP) is 6.85. The van der Waals surface area contributed by atoms with Gasteiger partial charge in [-0.05, 0) is 84.9 Å². The minimum atomic E-state index is -0.678. The van der Waals surface area contributed by atoms with Crippen LogP contribution in [0, 0.1) is 0 Å². The zero-order valence-corrected chi connectivity index (χ0v) is 21.6. The molecular weight excluding hydrogens is 551 g/mol. The summed E-state index contributed by atoms with van der Waals surface area (Å²) >= 11 is 17.6. The van der Waals surface area contributed by atoms with Gasteiger partial charge in [-0.1, -0.05) is 34.8 Å². The first kappa shape index (κ1) is 26.9. The largest absolute Gasteiger partial charge is 0.423 e. The molecule has 0 heterocycles. The molecule has 0 aromatic heterocycles. The van der Waals surface area contributed by atoms with Crippen molar-refractivity contribution in [3.63, 3.8) is 0 Å². The normalized spacial score (nSPS) is 10.7. The van der Waals surface area contributed by atoms with E-state index in [-0.39, 0.29) is 22.6 Å². The Hall–Kier alpha value is -4.17.